The molecular weight excluding hydrogens is 244 g/mol. The molecule has 0 heterocycles. The van der Waals surface area contributed by atoms with E-state index < -0.39 is 24.0 Å². The van der Waals surface area contributed by atoms with Gasteiger partial charge in [-0.25, -0.2) is 4.79 Å². The molecule has 0 saturated heterocycles. The highest BCUT2D eigenvalue weighted by atomic mass is 16.4. The van der Waals surface area contributed by atoms with Crippen molar-refractivity contribution in [3.8, 4) is 0 Å². The fourth-order valence-electron chi connectivity index (χ4n) is 1.74. The number of carboxylic acids is 1. The summed E-state index contributed by atoms with van der Waals surface area (Å²) in [6.45, 7) is 1.97. The van der Waals surface area contributed by atoms with E-state index in [4.69, 9.17) is 10.8 Å². The average Bonchev–Trinajstić information content (AvgIpc) is 2.43. The molecule has 2 unspecified atom stereocenters. The zero-order chi connectivity index (χ0) is 14.3. The number of carbonyl (C=O) groups excluding carboxylic acids is 1. The molecule has 2 atom stereocenters. The van der Waals surface area contributed by atoms with Crippen molar-refractivity contribution in [3.05, 3.63) is 35.9 Å². The van der Waals surface area contributed by atoms with Gasteiger partial charge in [-0.3, -0.25) is 4.79 Å². The maximum atomic E-state index is 11.9. The molecule has 104 valence electrons. The predicted molar refractivity (Wildman–Crippen MR) is 72.5 cm³/mol. The smallest absolute Gasteiger partial charge is 0.326 e. The van der Waals surface area contributed by atoms with E-state index >= 15 is 0 Å². The number of nitrogens with two attached hydrogens (primary N) is 1. The fraction of sp³-hybridized carbons (Fsp3) is 0.429. The van der Waals surface area contributed by atoms with Crippen molar-refractivity contribution >= 4 is 11.9 Å². The molecule has 0 radical (unpaired) electrons. The van der Waals surface area contributed by atoms with Gasteiger partial charge in [0.1, 0.15) is 12.1 Å². The van der Waals surface area contributed by atoms with Crippen molar-refractivity contribution < 1.29 is 14.7 Å². The SMILES string of the molecule is CCCCC(NC(=O)C(N)c1ccccc1)C(=O)O. The number of unbranched alkanes of at least 4 members (excludes halogenated alkanes) is 1. The Balaban J connectivity index is 2.64. The maximum absolute atomic E-state index is 11.9. The minimum Gasteiger partial charge on any atom is -0.480 e. The van der Waals surface area contributed by atoms with Gasteiger partial charge in [0.05, 0.1) is 0 Å². The number of nitrogens with one attached hydrogen (secondary N) is 1. The van der Waals surface area contributed by atoms with E-state index in [0.717, 1.165) is 12.8 Å². The summed E-state index contributed by atoms with van der Waals surface area (Å²) < 4.78 is 0. The van der Waals surface area contributed by atoms with Crippen LogP contribution in [0.3, 0.4) is 0 Å². The van der Waals surface area contributed by atoms with Crippen LogP contribution in [0.15, 0.2) is 30.3 Å². The topological polar surface area (TPSA) is 92.4 Å². The van der Waals surface area contributed by atoms with Crippen molar-refractivity contribution in [2.45, 2.75) is 38.3 Å². The Hall–Kier alpha value is -1.88. The molecule has 0 aromatic heterocycles. The van der Waals surface area contributed by atoms with Crippen LogP contribution in [-0.2, 0) is 9.59 Å². The Bertz CT molecular complexity index is 420. The zero-order valence-electron chi connectivity index (χ0n) is 11.0. The molecular formula is C14H20N2O3. The summed E-state index contributed by atoms with van der Waals surface area (Å²) in [5.74, 6) is -1.49. The molecule has 0 saturated carbocycles. The number of amides is 1. The summed E-state index contributed by atoms with van der Waals surface area (Å²) >= 11 is 0. The molecule has 0 spiro atoms. The third-order valence-electron chi connectivity index (χ3n) is 2.90. The van der Waals surface area contributed by atoms with Gasteiger partial charge in [0.2, 0.25) is 5.91 Å². The summed E-state index contributed by atoms with van der Waals surface area (Å²) in [6.07, 6.45) is 2.04. The minimum absolute atomic E-state index is 0.416. The van der Waals surface area contributed by atoms with Gasteiger partial charge in [0.25, 0.3) is 0 Å². The second-order valence-corrected chi connectivity index (χ2v) is 4.43. The standard InChI is InChI=1S/C14H20N2O3/c1-2-3-9-11(14(18)19)16-13(17)12(15)10-7-5-4-6-8-10/h4-8,11-12H,2-3,9,15H2,1H3,(H,16,17)(H,18,19). The Morgan fingerprint density at radius 3 is 2.47 bits per heavy atom. The Kier molecular flexibility index (Phi) is 6.02. The Morgan fingerprint density at radius 2 is 1.95 bits per heavy atom. The molecule has 0 aliphatic rings. The lowest BCUT2D eigenvalue weighted by Crippen LogP contribution is -2.44. The van der Waals surface area contributed by atoms with Crippen LogP contribution in [0.5, 0.6) is 0 Å². The largest absolute Gasteiger partial charge is 0.480 e. The van der Waals surface area contributed by atoms with E-state index in [1.54, 1.807) is 24.3 Å². The van der Waals surface area contributed by atoms with Crippen LogP contribution >= 0.6 is 0 Å². The number of rotatable bonds is 7. The monoisotopic (exact) mass is 264 g/mol. The highest BCUT2D eigenvalue weighted by Crippen LogP contribution is 2.10. The third kappa shape index (κ3) is 4.71. The summed E-state index contributed by atoms with van der Waals surface area (Å²) in [5.41, 5.74) is 6.48. The summed E-state index contributed by atoms with van der Waals surface area (Å²) in [6, 6.07) is 7.17. The highest BCUT2D eigenvalue weighted by Gasteiger charge is 2.23. The summed E-state index contributed by atoms with van der Waals surface area (Å²) in [5, 5.41) is 11.5. The van der Waals surface area contributed by atoms with Crippen molar-refractivity contribution in [2.75, 3.05) is 0 Å². The van der Waals surface area contributed by atoms with Gasteiger partial charge >= 0.3 is 5.97 Å². The number of aliphatic carboxylic acids is 1. The Labute approximate surface area is 112 Å². The van der Waals surface area contributed by atoms with E-state index in [-0.39, 0.29) is 0 Å². The van der Waals surface area contributed by atoms with Crippen LogP contribution in [-0.4, -0.2) is 23.0 Å². The third-order valence-corrected chi connectivity index (χ3v) is 2.90. The van der Waals surface area contributed by atoms with Gasteiger partial charge in [0.15, 0.2) is 0 Å². The van der Waals surface area contributed by atoms with Crippen LogP contribution in [0.1, 0.15) is 37.8 Å². The van der Waals surface area contributed by atoms with Crippen LogP contribution in [0.2, 0.25) is 0 Å². The highest BCUT2D eigenvalue weighted by molar-refractivity contribution is 5.87. The van der Waals surface area contributed by atoms with Crippen molar-refractivity contribution in [3.63, 3.8) is 0 Å². The van der Waals surface area contributed by atoms with E-state index in [0.29, 0.717) is 12.0 Å². The van der Waals surface area contributed by atoms with Gasteiger partial charge in [0, 0.05) is 0 Å². The van der Waals surface area contributed by atoms with Crippen LogP contribution < -0.4 is 11.1 Å². The second kappa shape index (κ2) is 7.53. The molecule has 19 heavy (non-hydrogen) atoms. The number of hydrogen-bond donors (Lipinski definition) is 3. The first-order valence-electron chi connectivity index (χ1n) is 6.40. The molecule has 5 heteroatoms. The van der Waals surface area contributed by atoms with Crippen molar-refractivity contribution in [2.24, 2.45) is 5.73 Å². The van der Waals surface area contributed by atoms with Gasteiger partial charge in [-0.05, 0) is 12.0 Å². The maximum Gasteiger partial charge on any atom is 0.326 e. The quantitative estimate of drug-likeness (QED) is 0.695. The number of benzene rings is 1. The van der Waals surface area contributed by atoms with E-state index in [2.05, 4.69) is 5.32 Å². The lowest BCUT2D eigenvalue weighted by Gasteiger charge is -2.17. The molecule has 0 fully saturated rings. The van der Waals surface area contributed by atoms with Crippen molar-refractivity contribution in [1.82, 2.24) is 5.32 Å². The summed E-state index contributed by atoms with van der Waals surface area (Å²) in [4.78, 5) is 23.0. The van der Waals surface area contributed by atoms with E-state index in [1.165, 1.54) is 0 Å². The van der Waals surface area contributed by atoms with Crippen LogP contribution in [0.4, 0.5) is 0 Å². The van der Waals surface area contributed by atoms with Gasteiger partial charge < -0.3 is 16.2 Å². The minimum atomic E-state index is -1.03. The predicted octanol–water partition coefficient (Wildman–Crippen LogP) is 1.45. The number of hydrogen-bond acceptors (Lipinski definition) is 3. The lowest BCUT2D eigenvalue weighted by atomic mass is 10.1. The first-order valence-corrected chi connectivity index (χ1v) is 6.40. The molecule has 5 nitrogen and oxygen atoms in total. The normalized spacial score (nSPS) is 13.6. The van der Waals surface area contributed by atoms with Gasteiger partial charge in [-0.1, -0.05) is 50.1 Å². The first kappa shape index (κ1) is 15.2. The molecule has 1 amide bonds. The molecule has 1 rings (SSSR count). The van der Waals surface area contributed by atoms with Crippen molar-refractivity contribution in [1.29, 1.82) is 0 Å². The average molecular weight is 264 g/mol. The zero-order valence-corrected chi connectivity index (χ0v) is 11.0. The molecule has 4 N–H and O–H groups in total. The molecule has 1 aromatic rings. The number of carbonyl (C=O) groups is 2. The first-order chi connectivity index (χ1) is 9.06. The number of carboxylic acid groups (broad SMARTS) is 1. The second-order valence-electron chi connectivity index (χ2n) is 4.43. The fourth-order valence-corrected chi connectivity index (χ4v) is 1.74. The van der Waals surface area contributed by atoms with Gasteiger partial charge in [-0.2, -0.15) is 0 Å². The van der Waals surface area contributed by atoms with Crippen LogP contribution in [0, 0.1) is 0 Å². The lowest BCUT2D eigenvalue weighted by molar-refractivity contribution is -0.142. The molecule has 0 bridgehead atoms. The van der Waals surface area contributed by atoms with E-state index in [1.807, 2.05) is 13.0 Å². The Morgan fingerprint density at radius 1 is 1.32 bits per heavy atom. The molecule has 0 aliphatic carbocycles. The summed E-state index contributed by atoms with van der Waals surface area (Å²) in [7, 11) is 0. The van der Waals surface area contributed by atoms with E-state index in [9.17, 15) is 9.59 Å². The van der Waals surface area contributed by atoms with Gasteiger partial charge in [-0.15, -0.1) is 0 Å². The molecule has 1 aromatic carbocycles. The molecule has 0 aliphatic heterocycles. The van der Waals surface area contributed by atoms with Crippen LogP contribution in [0.25, 0.3) is 0 Å².